The predicted molar refractivity (Wildman–Crippen MR) is 76.4 cm³/mol. The summed E-state index contributed by atoms with van der Waals surface area (Å²) < 4.78 is 1.07. The van der Waals surface area contributed by atoms with Crippen LogP contribution >= 0.6 is 27.5 Å². The van der Waals surface area contributed by atoms with Crippen LogP contribution in [-0.4, -0.2) is 0 Å². The van der Waals surface area contributed by atoms with Gasteiger partial charge in [-0.05, 0) is 47.9 Å². The second kappa shape index (κ2) is 5.21. The number of hydrogen-bond acceptors (Lipinski definition) is 1. The van der Waals surface area contributed by atoms with Gasteiger partial charge in [0.1, 0.15) is 0 Å². The zero-order valence-electron chi connectivity index (χ0n) is 9.45. The van der Waals surface area contributed by atoms with Crippen molar-refractivity contribution in [2.75, 3.05) is 0 Å². The van der Waals surface area contributed by atoms with Crippen molar-refractivity contribution in [3.05, 3.63) is 68.7 Å². The quantitative estimate of drug-likeness (QED) is 0.871. The summed E-state index contributed by atoms with van der Waals surface area (Å²) in [5.74, 6) is 0. The van der Waals surface area contributed by atoms with Crippen LogP contribution in [0.3, 0.4) is 0 Å². The maximum absolute atomic E-state index is 6.26. The van der Waals surface area contributed by atoms with Crippen LogP contribution in [0.15, 0.2) is 46.9 Å². The van der Waals surface area contributed by atoms with Crippen LogP contribution in [-0.2, 0) is 0 Å². The number of halogens is 2. The van der Waals surface area contributed by atoms with E-state index >= 15 is 0 Å². The van der Waals surface area contributed by atoms with Crippen LogP contribution in [0.4, 0.5) is 0 Å². The lowest BCUT2D eigenvalue weighted by molar-refractivity contribution is 0.861. The molecule has 0 amide bonds. The molecule has 0 saturated heterocycles. The SMILES string of the molecule is Cc1cc(Br)ccc1C(N)c1cccc(Cl)c1. The van der Waals surface area contributed by atoms with Gasteiger partial charge in [0, 0.05) is 9.50 Å². The van der Waals surface area contributed by atoms with Gasteiger partial charge in [0.25, 0.3) is 0 Å². The van der Waals surface area contributed by atoms with E-state index in [0.717, 1.165) is 15.6 Å². The van der Waals surface area contributed by atoms with Crippen LogP contribution in [0.2, 0.25) is 5.02 Å². The molecule has 0 radical (unpaired) electrons. The first-order chi connectivity index (χ1) is 8.08. The van der Waals surface area contributed by atoms with Crippen molar-refractivity contribution in [2.24, 2.45) is 5.73 Å². The molecule has 0 aliphatic heterocycles. The average Bonchev–Trinajstić information content (AvgIpc) is 2.28. The molecule has 2 rings (SSSR count). The minimum atomic E-state index is -0.137. The van der Waals surface area contributed by atoms with Gasteiger partial charge in [-0.3, -0.25) is 0 Å². The highest BCUT2D eigenvalue weighted by molar-refractivity contribution is 9.10. The predicted octanol–water partition coefficient (Wildman–Crippen LogP) is 4.46. The van der Waals surface area contributed by atoms with E-state index in [4.69, 9.17) is 17.3 Å². The molecule has 0 spiro atoms. The maximum Gasteiger partial charge on any atom is 0.0554 e. The van der Waals surface area contributed by atoms with E-state index in [1.54, 1.807) is 0 Å². The smallest absolute Gasteiger partial charge is 0.0554 e. The molecule has 3 heteroatoms. The largest absolute Gasteiger partial charge is 0.320 e. The van der Waals surface area contributed by atoms with Crippen molar-refractivity contribution < 1.29 is 0 Å². The molecule has 17 heavy (non-hydrogen) atoms. The van der Waals surface area contributed by atoms with Gasteiger partial charge in [0.15, 0.2) is 0 Å². The van der Waals surface area contributed by atoms with Gasteiger partial charge in [-0.25, -0.2) is 0 Å². The Morgan fingerprint density at radius 3 is 2.59 bits per heavy atom. The van der Waals surface area contributed by atoms with Crippen LogP contribution in [0, 0.1) is 6.92 Å². The molecule has 2 aromatic rings. The zero-order chi connectivity index (χ0) is 12.4. The van der Waals surface area contributed by atoms with Gasteiger partial charge in [-0.15, -0.1) is 0 Å². The Labute approximate surface area is 115 Å². The Balaban J connectivity index is 2.40. The third kappa shape index (κ3) is 2.89. The molecular weight excluding hydrogens is 298 g/mol. The summed E-state index contributed by atoms with van der Waals surface area (Å²) >= 11 is 9.43. The molecule has 1 unspecified atom stereocenters. The molecular formula is C14H13BrClN. The lowest BCUT2D eigenvalue weighted by Gasteiger charge is -2.15. The molecule has 0 aliphatic rings. The van der Waals surface area contributed by atoms with Crippen LogP contribution in [0.1, 0.15) is 22.7 Å². The zero-order valence-corrected chi connectivity index (χ0v) is 11.8. The molecule has 0 aliphatic carbocycles. The summed E-state index contributed by atoms with van der Waals surface area (Å²) in [6.07, 6.45) is 0. The van der Waals surface area contributed by atoms with Crippen molar-refractivity contribution in [1.29, 1.82) is 0 Å². The summed E-state index contributed by atoms with van der Waals surface area (Å²) in [6, 6.07) is 13.7. The topological polar surface area (TPSA) is 26.0 Å². The number of aryl methyl sites for hydroxylation is 1. The van der Waals surface area contributed by atoms with Crippen molar-refractivity contribution in [1.82, 2.24) is 0 Å². The van der Waals surface area contributed by atoms with E-state index in [0.29, 0.717) is 5.02 Å². The van der Waals surface area contributed by atoms with E-state index in [9.17, 15) is 0 Å². The van der Waals surface area contributed by atoms with E-state index in [1.165, 1.54) is 5.56 Å². The molecule has 2 aromatic carbocycles. The summed E-state index contributed by atoms with van der Waals surface area (Å²) in [7, 11) is 0. The first kappa shape index (κ1) is 12.6. The summed E-state index contributed by atoms with van der Waals surface area (Å²) in [6.45, 7) is 2.06. The summed E-state index contributed by atoms with van der Waals surface area (Å²) in [4.78, 5) is 0. The minimum Gasteiger partial charge on any atom is -0.320 e. The average molecular weight is 311 g/mol. The standard InChI is InChI=1S/C14H13BrClN/c1-9-7-11(15)5-6-13(9)14(17)10-3-2-4-12(16)8-10/h2-8,14H,17H2,1H3. The van der Waals surface area contributed by atoms with Crippen molar-refractivity contribution >= 4 is 27.5 Å². The second-order valence-corrected chi connectivity index (χ2v) is 5.39. The van der Waals surface area contributed by atoms with E-state index in [2.05, 4.69) is 28.9 Å². The molecule has 2 N–H and O–H groups in total. The highest BCUT2D eigenvalue weighted by atomic mass is 79.9. The van der Waals surface area contributed by atoms with E-state index in [-0.39, 0.29) is 6.04 Å². The molecule has 0 fully saturated rings. The van der Waals surface area contributed by atoms with Crippen LogP contribution < -0.4 is 5.73 Å². The monoisotopic (exact) mass is 309 g/mol. The number of hydrogen-bond donors (Lipinski definition) is 1. The first-order valence-electron chi connectivity index (χ1n) is 5.35. The van der Waals surface area contributed by atoms with Crippen molar-refractivity contribution in [3.8, 4) is 0 Å². The highest BCUT2D eigenvalue weighted by Gasteiger charge is 2.11. The summed E-state index contributed by atoms with van der Waals surface area (Å²) in [5.41, 5.74) is 9.59. The van der Waals surface area contributed by atoms with Gasteiger partial charge in [-0.1, -0.05) is 45.7 Å². The van der Waals surface area contributed by atoms with E-state index in [1.807, 2.05) is 36.4 Å². The Morgan fingerprint density at radius 2 is 1.94 bits per heavy atom. The normalized spacial score (nSPS) is 12.5. The van der Waals surface area contributed by atoms with Gasteiger partial charge >= 0.3 is 0 Å². The third-order valence-electron chi connectivity index (χ3n) is 2.77. The number of nitrogens with two attached hydrogens (primary N) is 1. The molecule has 1 nitrogen and oxygen atoms in total. The van der Waals surface area contributed by atoms with Crippen LogP contribution in [0.5, 0.6) is 0 Å². The molecule has 88 valence electrons. The Kier molecular flexibility index (Phi) is 3.87. The van der Waals surface area contributed by atoms with Crippen LogP contribution in [0.25, 0.3) is 0 Å². The fraction of sp³-hybridized carbons (Fsp3) is 0.143. The fourth-order valence-electron chi connectivity index (χ4n) is 1.87. The van der Waals surface area contributed by atoms with Crippen molar-refractivity contribution in [3.63, 3.8) is 0 Å². The molecule has 0 saturated carbocycles. The Bertz CT molecular complexity index is 539. The Morgan fingerprint density at radius 1 is 1.18 bits per heavy atom. The molecule has 0 heterocycles. The molecule has 0 bridgehead atoms. The first-order valence-corrected chi connectivity index (χ1v) is 6.52. The molecule has 1 atom stereocenters. The second-order valence-electron chi connectivity index (χ2n) is 4.03. The Hall–Kier alpha value is -0.830. The molecule has 0 aromatic heterocycles. The number of rotatable bonds is 2. The lowest BCUT2D eigenvalue weighted by atomic mass is 9.96. The summed E-state index contributed by atoms with van der Waals surface area (Å²) in [5, 5.41) is 0.715. The highest BCUT2D eigenvalue weighted by Crippen LogP contribution is 2.26. The minimum absolute atomic E-state index is 0.137. The maximum atomic E-state index is 6.26. The van der Waals surface area contributed by atoms with Gasteiger partial charge in [0.2, 0.25) is 0 Å². The van der Waals surface area contributed by atoms with E-state index < -0.39 is 0 Å². The van der Waals surface area contributed by atoms with Gasteiger partial charge in [-0.2, -0.15) is 0 Å². The lowest BCUT2D eigenvalue weighted by Crippen LogP contribution is -2.13. The van der Waals surface area contributed by atoms with Gasteiger partial charge in [0.05, 0.1) is 6.04 Å². The van der Waals surface area contributed by atoms with Crippen molar-refractivity contribution in [2.45, 2.75) is 13.0 Å². The van der Waals surface area contributed by atoms with Gasteiger partial charge < -0.3 is 5.73 Å². The number of benzene rings is 2. The third-order valence-corrected chi connectivity index (χ3v) is 3.50. The fourth-order valence-corrected chi connectivity index (χ4v) is 2.54.